The second kappa shape index (κ2) is 7.95. The van der Waals surface area contributed by atoms with Crippen LogP contribution in [0.1, 0.15) is 45.4 Å². The number of aromatic nitrogens is 2. The van der Waals surface area contributed by atoms with Crippen molar-refractivity contribution >= 4 is 12.6 Å². The van der Waals surface area contributed by atoms with Gasteiger partial charge in [0.2, 0.25) is 0 Å². The number of hydrogen-bond donors (Lipinski definition) is 1. The first kappa shape index (κ1) is 16.6. The fourth-order valence-electron chi connectivity index (χ4n) is 2.97. The Morgan fingerprint density at radius 1 is 1.32 bits per heavy atom. The normalized spacial score (nSPS) is 12.3. The number of hydrogen-bond acceptors (Lipinski definition) is 3. The average molecular weight is 283 g/mol. The molecule has 4 heteroatoms. The monoisotopic (exact) mass is 283 g/mol. The van der Waals surface area contributed by atoms with E-state index in [0.717, 1.165) is 24.7 Å². The fourth-order valence-corrected chi connectivity index (χ4v) is 3.39. The predicted molar refractivity (Wildman–Crippen MR) is 85.6 cm³/mol. The van der Waals surface area contributed by atoms with E-state index in [4.69, 9.17) is 0 Å². The van der Waals surface area contributed by atoms with Crippen LogP contribution in [0.4, 0.5) is 0 Å². The highest BCUT2D eigenvalue weighted by atomic mass is 32.1. The third kappa shape index (κ3) is 4.84. The predicted octanol–water partition coefficient (Wildman–Crippen LogP) is 3.37. The van der Waals surface area contributed by atoms with Gasteiger partial charge in [-0.25, -0.2) is 4.98 Å². The molecule has 0 aliphatic rings. The molecule has 1 heterocycles. The average Bonchev–Trinajstić information content (AvgIpc) is 2.75. The maximum Gasteiger partial charge on any atom is 0.122 e. The van der Waals surface area contributed by atoms with Crippen molar-refractivity contribution in [1.82, 2.24) is 14.5 Å². The van der Waals surface area contributed by atoms with E-state index < -0.39 is 0 Å². The minimum atomic E-state index is 0.354. The largest absolute Gasteiger partial charge is 0.337 e. The number of rotatable bonds is 9. The molecule has 1 aromatic heterocycles. The van der Waals surface area contributed by atoms with Crippen LogP contribution < -0.4 is 0 Å². The summed E-state index contributed by atoms with van der Waals surface area (Å²) in [5, 5.41) is 0. The molecule has 3 nitrogen and oxygen atoms in total. The third-order valence-electron chi connectivity index (χ3n) is 3.83. The number of aryl methyl sites for hydroxylation is 1. The van der Waals surface area contributed by atoms with Gasteiger partial charge in [0.15, 0.2) is 0 Å². The maximum absolute atomic E-state index is 4.63. The van der Waals surface area contributed by atoms with Crippen LogP contribution in [0.25, 0.3) is 0 Å². The summed E-state index contributed by atoms with van der Waals surface area (Å²) in [4.78, 5) is 6.80. The van der Waals surface area contributed by atoms with Crippen molar-refractivity contribution < 1.29 is 0 Å². The molecule has 0 saturated heterocycles. The molecular weight excluding hydrogens is 254 g/mol. The van der Waals surface area contributed by atoms with Gasteiger partial charge >= 0.3 is 0 Å². The molecule has 0 radical (unpaired) electrons. The Kier molecular flexibility index (Phi) is 6.94. The molecule has 0 spiro atoms. The number of nitrogens with zero attached hydrogens (tertiary/aromatic N) is 3. The Morgan fingerprint density at radius 2 is 1.95 bits per heavy atom. The van der Waals surface area contributed by atoms with Crippen LogP contribution in [0, 0.1) is 5.41 Å². The van der Waals surface area contributed by atoms with Crippen molar-refractivity contribution in [2.75, 3.05) is 19.3 Å². The van der Waals surface area contributed by atoms with Crippen molar-refractivity contribution in [2.45, 2.75) is 46.1 Å². The lowest BCUT2D eigenvalue weighted by Gasteiger charge is -2.36. The van der Waals surface area contributed by atoms with E-state index in [1.54, 1.807) is 0 Å². The maximum atomic E-state index is 4.63. The molecule has 0 fully saturated rings. The van der Waals surface area contributed by atoms with E-state index in [2.05, 4.69) is 55.0 Å². The summed E-state index contributed by atoms with van der Waals surface area (Å²) in [6.45, 7) is 6.55. The Hall–Kier alpha value is -0.480. The molecule has 0 N–H and O–H groups in total. The first-order valence-corrected chi connectivity index (χ1v) is 7.95. The van der Waals surface area contributed by atoms with Gasteiger partial charge in [0.25, 0.3) is 0 Å². The van der Waals surface area contributed by atoms with Crippen molar-refractivity contribution in [3.8, 4) is 0 Å². The lowest BCUT2D eigenvalue weighted by molar-refractivity contribution is 0.162. The van der Waals surface area contributed by atoms with Gasteiger partial charge in [-0.15, -0.1) is 0 Å². The zero-order chi connectivity index (χ0) is 14.3. The van der Waals surface area contributed by atoms with Crippen molar-refractivity contribution in [3.63, 3.8) is 0 Å². The highest BCUT2D eigenvalue weighted by Gasteiger charge is 2.28. The first-order chi connectivity index (χ1) is 9.06. The Balaban J connectivity index is 2.64. The van der Waals surface area contributed by atoms with Gasteiger partial charge in [0.05, 0.1) is 6.54 Å². The summed E-state index contributed by atoms with van der Waals surface area (Å²) in [7, 11) is 4.25. The van der Waals surface area contributed by atoms with Gasteiger partial charge in [0.1, 0.15) is 5.82 Å². The molecule has 110 valence electrons. The second-order valence-corrected chi connectivity index (χ2v) is 6.10. The Labute approximate surface area is 123 Å². The zero-order valence-corrected chi connectivity index (χ0v) is 13.8. The molecule has 0 atom stereocenters. The van der Waals surface area contributed by atoms with Gasteiger partial charge in [-0.3, -0.25) is 4.90 Å². The quantitative estimate of drug-likeness (QED) is 0.702. The lowest BCUT2D eigenvalue weighted by Crippen LogP contribution is -2.37. The van der Waals surface area contributed by atoms with E-state index in [0.29, 0.717) is 5.41 Å². The lowest BCUT2D eigenvalue weighted by atomic mass is 9.80. The van der Waals surface area contributed by atoms with Crippen molar-refractivity contribution in [2.24, 2.45) is 12.5 Å². The molecule has 0 aromatic carbocycles. The molecule has 0 amide bonds. The zero-order valence-electron chi connectivity index (χ0n) is 12.9. The van der Waals surface area contributed by atoms with Crippen LogP contribution in [-0.4, -0.2) is 33.8 Å². The minimum Gasteiger partial charge on any atom is -0.337 e. The van der Waals surface area contributed by atoms with Crippen molar-refractivity contribution in [1.29, 1.82) is 0 Å². The molecule has 0 saturated carbocycles. The standard InChI is InChI=1S/C15H29N3S/c1-5-7-15(13-19,8-6-2)12-17(3)11-14-16-9-10-18(14)4/h9-10,19H,5-8,11-13H2,1-4H3. The summed E-state index contributed by atoms with van der Waals surface area (Å²) >= 11 is 4.63. The summed E-state index contributed by atoms with van der Waals surface area (Å²) in [6.07, 6.45) is 8.86. The second-order valence-electron chi connectivity index (χ2n) is 5.78. The molecule has 0 aliphatic carbocycles. The van der Waals surface area contributed by atoms with Crippen LogP contribution in [0.15, 0.2) is 12.4 Å². The van der Waals surface area contributed by atoms with Crippen LogP contribution in [0.2, 0.25) is 0 Å². The molecule has 19 heavy (non-hydrogen) atoms. The third-order valence-corrected chi connectivity index (χ3v) is 4.50. The summed E-state index contributed by atoms with van der Waals surface area (Å²) in [5.74, 6) is 2.10. The highest BCUT2D eigenvalue weighted by Crippen LogP contribution is 2.32. The van der Waals surface area contributed by atoms with Crippen LogP contribution >= 0.6 is 12.6 Å². The van der Waals surface area contributed by atoms with E-state index >= 15 is 0 Å². The van der Waals surface area contributed by atoms with Gasteiger partial charge in [0, 0.05) is 26.0 Å². The van der Waals surface area contributed by atoms with Gasteiger partial charge in [-0.1, -0.05) is 26.7 Å². The molecule has 0 aliphatic heterocycles. The SMILES string of the molecule is CCCC(CS)(CCC)CN(C)Cc1nccn1C. The van der Waals surface area contributed by atoms with E-state index in [1.165, 1.54) is 25.7 Å². The first-order valence-electron chi connectivity index (χ1n) is 7.32. The van der Waals surface area contributed by atoms with E-state index in [-0.39, 0.29) is 0 Å². The minimum absolute atomic E-state index is 0.354. The Morgan fingerprint density at radius 3 is 2.37 bits per heavy atom. The van der Waals surface area contributed by atoms with Gasteiger partial charge in [-0.2, -0.15) is 12.6 Å². The Bertz CT molecular complexity index is 356. The molecule has 0 bridgehead atoms. The van der Waals surface area contributed by atoms with Crippen LogP contribution in [-0.2, 0) is 13.6 Å². The highest BCUT2D eigenvalue weighted by molar-refractivity contribution is 7.80. The van der Waals surface area contributed by atoms with Crippen LogP contribution in [0.3, 0.4) is 0 Å². The fraction of sp³-hybridized carbons (Fsp3) is 0.800. The summed E-state index contributed by atoms with van der Waals surface area (Å²) in [6, 6.07) is 0. The van der Waals surface area contributed by atoms with Crippen LogP contribution in [0.5, 0.6) is 0 Å². The number of thiol groups is 1. The summed E-state index contributed by atoms with van der Waals surface area (Å²) in [5.41, 5.74) is 0.354. The van der Waals surface area contributed by atoms with E-state index in [9.17, 15) is 0 Å². The van der Waals surface area contributed by atoms with E-state index in [1.807, 2.05) is 12.4 Å². The van der Waals surface area contributed by atoms with Gasteiger partial charge < -0.3 is 4.57 Å². The smallest absolute Gasteiger partial charge is 0.122 e. The molecule has 1 aromatic rings. The summed E-state index contributed by atoms with van der Waals surface area (Å²) < 4.78 is 2.10. The molecule has 0 unspecified atom stereocenters. The number of imidazole rings is 1. The topological polar surface area (TPSA) is 21.1 Å². The molecular formula is C15H29N3S. The van der Waals surface area contributed by atoms with Crippen molar-refractivity contribution in [3.05, 3.63) is 18.2 Å². The molecule has 1 rings (SSSR count). The van der Waals surface area contributed by atoms with Gasteiger partial charge in [-0.05, 0) is 31.1 Å².